The fourth-order valence-electron chi connectivity index (χ4n) is 4.07. The van der Waals surface area contributed by atoms with Gasteiger partial charge < -0.3 is 14.5 Å². The summed E-state index contributed by atoms with van der Waals surface area (Å²) in [7, 11) is 1.35. The van der Waals surface area contributed by atoms with Crippen LogP contribution in [0.3, 0.4) is 0 Å². The summed E-state index contributed by atoms with van der Waals surface area (Å²) in [6.07, 6.45) is 0.0160. The smallest absolute Gasteiger partial charge is 0.313 e. The molecule has 1 amide bonds. The number of esters is 1. The zero-order chi connectivity index (χ0) is 22.8. The van der Waals surface area contributed by atoms with Gasteiger partial charge in [0.05, 0.1) is 18.1 Å². The second kappa shape index (κ2) is 8.82. The van der Waals surface area contributed by atoms with Crippen LogP contribution in [-0.4, -0.2) is 65.4 Å². The lowest BCUT2D eigenvalue weighted by Gasteiger charge is -2.35. The topological polar surface area (TPSA) is 84.7 Å². The van der Waals surface area contributed by atoms with E-state index < -0.39 is 0 Å². The largest absolute Gasteiger partial charge is 0.469 e. The summed E-state index contributed by atoms with van der Waals surface area (Å²) in [4.78, 5) is 44.2. The molecule has 0 N–H and O–H groups in total. The molecule has 0 spiro atoms. The highest BCUT2D eigenvalue weighted by molar-refractivity contribution is 5.97. The summed E-state index contributed by atoms with van der Waals surface area (Å²) in [6.45, 7) is 6.00. The summed E-state index contributed by atoms with van der Waals surface area (Å²) in [5, 5.41) is 0. The van der Waals surface area contributed by atoms with Crippen molar-refractivity contribution < 1.29 is 19.1 Å². The number of amides is 1. The Morgan fingerprint density at radius 3 is 2.34 bits per heavy atom. The van der Waals surface area contributed by atoms with Crippen LogP contribution in [0.15, 0.2) is 42.5 Å². The van der Waals surface area contributed by atoms with E-state index in [1.807, 2.05) is 33.7 Å². The van der Waals surface area contributed by atoms with Crippen molar-refractivity contribution in [3.63, 3.8) is 0 Å². The lowest BCUT2D eigenvalue weighted by Crippen LogP contribution is -2.48. The van der Waals surface area contributed by atoms with Gasteiger partial charge in [0.15, 0.2) is 5.78 Å². The standard InChI is InChI=1S/C24H26N4O4/c1-16(29)18-7-8-22-21(13-18)25-23(15-24(31)32-3)28(22)20-6-4-5-19(14-20)27-11-9-26(10-12-27)17(2)30/h4-8,13-14H,9-12,15H2,1-3H3. The molecule has 32 heavy (non-hydrogen) atoms. The number of hydrogen-bond acceptors (Lipinski definition) is 6. The molecule has 0 bridgehead atoms. The maximum absolute atomic E-state index is 12.0. The first-order chi connectivity index (χ1) is 15.4. The molecule has 1 aliphatic heterocycles. The number of fused-ring (bicyclic) bond motifs is 1. The van der Waals surface area contributed by atoms with Crippen LogP contribution in [0.2, 0.25) is 0 Å². The molecule has 0 unspecified atom stereocenters. The van der Waals surface area contributed by atoms with Crippen molar-refractivity contribution in [2.45, 2.75) is 20.3 Å². The molecule has 0 saturated carbocycles. The predicted molar refractivity (Wildman–Crippen MR) is 121 cm³/mol. The maximum atomic E-state index is 12.0. The third-order valence-corrected chi connectivity index (χ3v) is 5.84. The van der Waals surface area contributed by atoms with Gasteiger partial charge in [-0.3, -0.25) is 19.0 Å². The Labute approximate surface area is 186 Å². The molecule has 3 aromatic rings. The second-order valence-corrected chi connectivity index (χ2v) is 7.89. The summed E-state index contributed by atoms with van der Waals surface area (Å²) in [6, 6.07) is 13.4. The molecule has 1 aliphatic rings. The number of methoxy groups -OCH3 is 1. The Hall–Kier alpha value is -3.68. The Balaban J connectivity index is 1.74. The fraction of sp³-hybridized carbons (Fsp3) is 0.333. The highest BCUT2D eigenvalue weighted by Gasteiger charge is 2.21. The SMILES string of the molecule is COC(=O)Cc1nc2cc(C(C)=O)ccc2n1-c1cccc(N2CCN(C(C)=O)CC2)c1. The number of carbonyl (C=O) groups excluding carboxylic acids is 3. The quantitative estimate of drug-likeness (QED) is 0.453. The number of imidazole rings is 1. The summed E-state index contributed by atoms with van der Waals surface area (Å²) in [5.41, 5.74) is 3.94. The van der Waals surface area contributed by atoms with Crippen molar-refractivity contribution >= 4 is 34.4 Å². The van der Waals surface area contributed by atoms with Crippen molar-refractivity contribution in [2.24, 2.45) is 0 Å². The maximum Gasteiger partial charge on any atom is 0.313 e. The number of Topliss-reactive ketones (excluding diaryl/α,β-unsaturated/α-hetero) is 1. The van der Waals surface area contributed by atoms with E-state index in [4.69, 9.17) is 4.74 Å². The number of nitrogens with zero attached hydrogens (tertiary/aromatic N) is 4. The highest BCUT2D eigenvalue weighted by Crippen LogP contribution is 2.27. The van der Waals surface area contributed by atoms with Crippen molar-refractivity contribution in [1.29, 1.82) is 0 Å². The number of hydrogen-bond donors (Lipinski definition) is 0. The molecular weight excluding hydrogens is 408 g/mol. The average Bonchev–Trinajstić information content (AvgIpc) is 3.15. The van der Waals surface area contributed by atoms with Crippen LogP contribution in [0.4, 0.5) is 5.69 Å². The van der Waals surface area contributed by atoms with E-state index in [1.165, 1.54) is 14.0 Å². The van der Waals surface area contributed by atoms with E-state index in [-0.39, 0.29) is 24.1 Å². The van der Waals surface area contributed by atoms with Crippen LogP contribution in [-0.2, 0) is 20.7 Å². The van der Waals surface area contributed by atoms with Crippen molar-refractivity contribution in [3.05, 3.63) is 53.9 Å². The normalized spacial score (nSPS) is 14.0. The second-order valence-electron chi connectivity index (χ2n) is 7.89. The van der Waals surface area contributed by atoms with E-state index >= 15 is 0 Å². The Kier molecular flexibility index (Phi) is 5.94. The number of anilines is 1. The van der Waals surface area contributed by atoms with Gasteiger partial charge in [-0.15, -0.1) is 0 Å². The van der Waals surface area contributed by atoms with Gasteiger partial charge in [0, 0.05) is 50.0 Å². The van der Waals surface area contributed by atoms with Gasteiger partial charge >= 0.3 is 5.97 Å². The van der Waals surface area contributed by atoms with Gasteiger partial charge in [-0.2, -0.15) is 0 Å². The molecular formula is C24H26N4O4. The Morgan fingerprint density at radius 2 is 1.69 bits per heavy atom. The van der Waals surface area contributed by atoms with Gasteiger partial charge in [-0.25, -0.2) is 4.98 Å². The first kappa shape index (κ1) is 21.5. The minimum absolute atomic E-state index is 0.0160. The molecule has 1 saturated heterocycles. The summed E-state index contributed by atoms with van der Waals surface area (Å²) < 4.78 is 6.80. The molecule has 166 valence electrons. The van der Waals surface area contributed by atoms with Crippen LogP contribution in [0.5, 0.6) is 0 Å². The number of carbonyl (C=O) groups is 3. The third-order valence-electron chi connectivity index (χ3n) is 5.84. The van der Waals surface area contributed by atoms with Crippen molar-refractivity contribution in [2.75, 3.05) is 38.2 Å². The third kappa shape index (κ3) is 4.21. The first-order valence-electron chi connectivity index (χ1n) is 10.6. The van der Waals surface area contributed by atoms with Gasteiger partial charge in [0.25, 0.3) is 0 Å². The minimum atomic E-state index is -0.384. The van der Waals surface area contributed by atoms with Crippen LogP contribution < -0.4 is 4.90 Å². The van der Waals surface area contributed by atoms with Crippen molar-refractivity contribution in [1.82, 2.24) is 14.5 Å². The molecule has 8 nitrogen and oxygen atoms in total. The summed E-state index contributed by atoms with van der Waals surface area (Å²) in [5.74, 6) is 0.222. The lowest BCUT2D eigenvalue weighted by atomic mass is 10.1. The van der Waals surface area contributed by atoms with Crippen LogP contribution in [0.1, 0.15) is 30.0 Å². The van der Waals surface area contributed by atoms with Crippen LogP contribution in [0.25, 0.3) is 16.7 Å². The van der Waals surface area contributed by atoms with Crippen LogP contribution in [0, 0.1) is 0 Å². The average molecular weight is 434 g/mol. The van der Waals surface area contributed by atoms with Gasteiger partial charge in [-0.1, -0.05) is 6.07 Å². The molecule has 8 heteroatoms. The van der Waals surface area contributed by atoms with Gasteiger partial charge in [0.1, 0.15) is 12.2 Å². The summed E-state index contributed by atoms with van der Waals surface area (Å²) >= 11 is 0. The number of aromatic nitrogens is 2. The molecule has 4 rings (SSSR count). The first-order valence-corrected chi connectivity index (χ1v) is 10.6. The molecule has 0 aliphatic carbocycles. The Bertz CT molecular complexity index is 1190. The van der Waals surface area contributed by atoms with E-state index in [9.17, 15) is 14.4 Å². The van der Waals surface area contributed by atoms with Gasteiger partial charge in [-0.05, 0) is 43.3 Å². The van der Waals surface area contributed by atoms with Gasteiger partial charge in [0.2, 0.25) is 5.91 Å². The molecule has 0 radical (unpaired) electrons. The lowest BCUT2D eigenvalue weighted by molar-refractivity contribution is -0.140. The number of piperazine rings is 1. The molecule has 2 heterocycles. The van der Waals surface area contributed by atoms with E-state index in [2.05, 4.69) is 16.0 Å². The minimum Gasteiger partial charge on any atom is -0.469 e. The van der Waals surface area contributed by atoms with E-state index in [0.717, 1.165) is 30.0 Å². The molecule has 1 aromatic heterocycles. The molecule has 2 aromatic carbocycles. The zero-order valence-electron chi connectivity index (χ0n) is 18.5. The predicted octanol–water partition coefficient (Wildman–Crippen LogP) is 2.61. The molecule has 0 atom stereocenters. The molecule has 1 fully saturated rings. The van der Waals surface area contributed by atoms with E-state index in [1.54, 1.807) is 19.1 Å². The number of ketones is 1. The number of ether oxygens (including phenoxy) is 1. The Morgan fingerprint density at radius 1 is 0.969 bits per heavy atom. The van der Waals surface area contributed by atoms with Crippen LogP contribution >= 0.6 is 0 Å². The number of rotatable bonds is 5. The van der Waals surface area contributed by atoms with Crippen molar-refractivity contribution in [3.8, 4) is 5.69 Å². The zero-order valence-corrected chi connectivity index (χ0v) is 18.5. The van der Waals surface area contributed by atoms with E-state index in [0.29, 0.717) is 30.0 Å². The highest BCUT2D eigenvalue weighted by atomic mass is 16.5. The fourth-order valence-corrected chi connectivity index (χ4v) is 4.07. The number of benzene rings is 2. The monoisotopic (exact) mass is 434 g/mol.